The molecule has 0 aromatic carbocycles. The molecule has 2 aliphatic rings. The number of aliphatic carboxylic acids is 1. The summed E-state index contributed by atoms with van der Waals surface area (Å²) in [5, 5.41) is 8.95. The minimum absolute atomic E-state index is 0.193. The Morgan fingerprint density at radius 3 is 2.10 bits per heavy atom. The van der Waals surface area contributed by atoms with Gasteiger partial charge in [-0.15, -0.1) is 0 Å². The minimum atomic E-state index is -0.721. The van der Waals surface area contributed by atoms with Gasteiger partial charge in [-0.3, -0.25) is 9.59 Å². The zero-order chi connectivity index (χ0) is 14.4. The Bertz CT molecular complexity index is 330. The molecule has 5 nitrogen and oxygen atoms in total. The maximum atomic E-state index is 12.2. The highest BCUT2D eigenvalue weighted by Crippen LogP contribution is 2.18. The van der Waals surface area contributed by atoms with Crippen molar-refractivity contribution in [1.82, 2.24) is 9.80 Å². The standard InChI is InChI=1S/C15H26N2O3/c18-14(7-10-16-8-3-1-2-4-9-16)17-11-5-13(6-12-17)15(19)20/h13H,1-12H2,(H,19,20). The molecule has 0 spiro atoms. The third-order valence-electron chi connectivity index (χ3n) is 4.54. The van der Waals surface area contributed by atoms with Gasteiger partial charge in [-0.1, -0.05) is 12.8 Å². The molecule has 2 aliphatic heterocycles. The van der Waals surface area contributed by atoms with Crippen LogP contribution in [0.4, 0.5) is 0 Å². The van der Waals surface area contributed by atoms with Crippen molar-refractivity contribution in [2.24, 2.45) is 5.92 Å². The molecule has 0 aromatic heterocycles. The molecule has 0 radical (unpaired) electrons. The summed E-state index contributed by atoms with van der Waals surface area (Å²) in [6.07, 6.45) is 6.91. The number of hydrogen-bond donors (Lipinski definition) is 1. The lowest BCUT2D eigenvalue weighted by atomic mass is 9.97. The van der Waals surface area contributed by atoms with Gasteiger partial charge in [0, 0.05) is 26.1 Å². The number of hydrogen-bond acceptors (Lipinski definition) is 3. The first-order valence-corrected chi connectivity index (χ1v) is 7.90. The average Bonchev–Trinajstić information content (AvgIpc) is 2.73. The van der Waals surface area contributed by atoms with Crippen molar-refractivity contribution in [3.63, 3.8) is 0 Å². The van der Waals surface area contributed by atoms with Gasteiger partial charge in [0.2, 0.25) is 5.91 Å². The second-order valence-electron chi connectivity index (χ2n) is 6.00. The van der Waals surface area contributed by atoms with E-state index in [2.05, 4.69) is 4.90 Å². The molecular formula is C15H26N2O3. The summed E-state index contributed by atoms with van der Waals surface area (Å²) in [4.78, 5) is 27.3. The molecule has 0 bridgehead atoms. The number of rotatable bonds is 4. The van der Waals surface area contributed by atoms with Gasteiger partial charge < -0.3 is 14.9 Å². The first-order valence-electron chi connectivity index (χ1n) is 7.90. The van der Waals surface area contributed by atoms with Crippen LogP contribution in [-0.2, 0) is 9.59 Å². The molecular weight excluding hydrogens is 256 g/mol. The smallest absolute Gasteiger partial charge is 0.306 e. The SMILES string of the molecule is O=C(O)C1CCN(C(=O)CCN2CCCCCC2)CC1. The zero-order valence-electron chi connectivity index (χ0n) is 12.2. The third-order valence-corrected chi connectivity index (χ3v) is 4.54. The van der Waals surface area contributed by atoms with E-state index in [4.69, 9.17) is 5.11 Å². The Balaban J connectivity index is 1.68. The number of amides is 1. The molecule has 1 N–H and O–H groups in total. The van der Waals surface area contributed by atoms with Gasteiger partial charge in [-0.2, -0.15) is 0 Å². The Labute approximate surface area is 120 Å². The van der Waals surface area contributed by atoms with Crippen LogP contribution in [0, 0.1) is 5.92 Å². The van der Waals surface area contributed by atoms with E-state index in [0.717, 1.165) is 19.6 Å². The molecule has 2 heterocycles. The highest BCUT2D eigenvalue weighted by Gasteiger charge is 2.26. The monoisotopic (exact) mass is 282 g/mol. The molecule has 0 saturated carbocycles. The molecule has 0 unspecified atom stereocenters. The van der Waals surface area contributed by atoms with E-state index in [-0.39, 0.29) is 11.8 Å². The highest BCUT2D eigenvalue weighted by molar-refractivity contribution is 5.77. The van der Waals surface area contributed by atoms with Crippen LogP contribution in [0.1, 0.15) is 44.9 Å². The largest absolute Gasteiger partial charge is 0.481 e. The number of nitrogens with zero attached hydrogens (tertiary/aromatic N) is 2. The van der Waals surface area contributed by atoms with Crippen LogP contribution in [0.5, 0.6) is 0 Å². The number of carbonyl (C=O) groups is 2. The van der Waals surface area contributed by atoms with Crippen LogP contribution in [0.25, 0.3) is 0 Å². The molecule has 5 heteroatoms. The van der Waals surface area contributed by atoms with E-state index in [1.165, 1.54) is 25.7 Å². The van der Waals surface area contributed by atoms with Gasteiger partial charge in [-0.05, 0) is 38.8 Å². The molecule has 2 saturated heterocycles. The Morgan fingerprint density at radius 1 is 0.950 bits per heavy atom. The summed E-state index contributed by atoms with van der Waals surface area (Å²) in [5.41, 5.74) is 0. The summed E-state index contributed by atoms with van der Waals surface area (Å²) in [5.74, 6) is -0.788. The fourth-order valence-electron chi connectivity index (χ4n) is 3.15. The molecule has 0 aromatic rings. The van der Waals surface area contributed by atoms with Gasteiger partial charge in [0.05, 0.1) is 5.92 Å². The predicted molar refractivity (Wildman–Crippen MR) is 76.5 cm³/mol. The quantitative estimate of drug-likeness (QED) is 0.850. The summed E-state index contributed by atoms with van der Waals surface area (Å²) in [6.45, 7) is 4.31. The van der Waals surface area contributed by atoms with Gasteiger partial charge in [-0.25, -0.2) is 0 Å². The summed E-state index contributed by atoms with van der Waals surface area (Å²) >= 11 is 0. The van der Waals surface area contributed by atoms with E-state index in [0.29, 0.717) is 32.4 Å². The lowest BCUT2D eigenvalue weighted by Gasteiger charge is -2.31. The topological polar surface area (TPSA) is 60.9 Å². The Hall–Kier alpha value is -1.10. The van der Waals surface area contributed by atoms with Gasteiger partial charge in [0.1, 0.15) is 0 Å². The molecule has 0 aliphatic carbocycles. The third kappa shape index (κ3) is 4.47. The fraction of sp³-hybridized carbons (Fsp3) is 0.867. The summed E-state index contributed by atoms with van der Waals surface area (Å²) in [6, 6.07) is 0. The second-order valence-corrected chi connectivity index (χ2v) is 6.00. The molecule has 2 fully saturated rings. The molecule has 0 atom stereocenters. The predicted octanol–water partition coefficient (Wildman–Crippen LogP) is 1.58. The van der Waals surface area contributed by atoms with Crippen molar-refractivity contribution >= 4 is 11.9 Å². The van der Waals surface area contributed by atoms with Crippen molar-refractivity contribution in [2.75, 3.05) is 32.7 Å². The van der Waals surface area contributed by atoms with E-state index < -0.39 is 5.97 Å². The van der Waals surface area contributed by atoms with Gasteiger partial charge in [0.15, 0.2) is 0 Å². The number of carboxylic acid groups (broad SMARTS) is 1. The number of carboxylic acids is 1. The fourth-order valence-corrected chi connectivity index (χ4v) is 3.15. The number of piperidine rings is 1. The van der Waals surface area contributed by atoms with Crippen molar-refractivity contribution < 1.29 is 14.7 Å². The number of carbonyl (C=O) groups excluding carboxylic acids is 1. The van der Waals surface area contributed by atoms with Crippen molar-refractivity contribution in [1.29, 1.82) is 0 Å². The van der Waals surface area contributed by atoms with Crippen LogP contribution >= 0.6 is 0 Å². The van der Waals surface area contributed by atoms with E-state index in [9.17, 15) is 9.59 Å². The zero-order valence-corrected chi connectivity index (χ0v) is 12.2. The van der Waals surface area contributed by atoms with Crippen molar-refractivity contribution in [3.8, 4) is 0 Å². The maximum absolute atomic E-state index is 12.2. The molecule has 1 amide bonds. The first kappa shape index (κ1) is 15.3. The van der Waals surface area contributed by atoms with Crippen LogP contribution in [0.3, 0.4) is 0 Å². The lowest BCUT2D eigenvalue weighted by Crippen LogP contribution is -2.41. The summed E-state index contributed by atoms with van der Waals surface area (Å²) < 4.78 is 0. The van der Waals surface area contributed by atoms with Gasteiger partial charge >= 0.3 is 5.97 Å². The first-order chi connectivity index (χ1) is 9.66. The van der Waals surface area contributed by atoms with Crippen LogP contribution < -0.4 is 0 Å². The minimum Gasteiger partial charge on any atom is -0.481 e. The van der Waals surface area contributed by atoms with Crippen LogP contribution in [0.15, 0.2) is 0 Å². The molecule has 20 heavy (non-hydrogen) atoms. The van der Waals surface area contributed by atoms with Crippen LogP contribution in [0.2, 0.25) is 0 Å². The van der Waals surface area contributed by atoms with Gasteiger partial charge in [0.25, 0.3) is 0 Å². The second kappa shape index (κ2) is 7.62. The molecule has 2 rings (SSSR count). The maximum Gasteiger partial charge on any atom is 0.306 e. The van der Waals surface area contributed by atoms with E-state index in [1.54, 1.807) is 0 Å². The lowest BCUT2D eigenvalue weighted by molar-refractivity contribution is -0.145. The van der Waals surface area contributed by atoms with E-state index in [1.807, 2.05) is 4.90 Å². The normalized spacial score (nSPS) is 22.5. The Kier molecular flexibility index (Phi) is 5.83. The van der Waals surface area contributed by atoms with E-state index >= 15 is 0 Å². The number of likely N-dealkylation sites (tertiary alicyclic amines) is 2. The van der Waals surface area contributed by atoms with Crippen molar-refractivity contribution in [2.45, 2.75) is 44.9 Å². The summed E-state index contributed by atoms with van der Waals surface area (Å²) in [7, 11) is 0. The van der Waals surface area contributed by atoms with Crippen molar-refractivity contribution in [3.05, 3.63) is 0 Å². The Morgan fingerprint density at radius 2 is 1.55 bits per heavy atom. The van der Waals surface area contributed by atoms with Crippen LogP contribution in [-0.4, -0.2) is 59.5 Å². The average molecular weight is 282 g/mol. The highest BCUT2D eigenvalue weighted by atomic mass is 16.4. The molecule has 114 valence electrons.